The van der Waals surface area contributed by atoms with E-state index in [1.807, 2.05) is 35.7 Å². The summed E-state index contributed by atoms with van der Waals surface area (Å²) in [6.07, 6.45) is 5.12. The fourth-order valence-corrected chi connectivity index (χ4v) is 4.09. The number of amides is 2. The van der Waals surface area contributed by atoms with E-state index in [9.17, 15) is 9.59 Å². The third-order valence-corrected chi connectivity index (χ3v) is 6.00. The summed E-state index contributed by atoms with van der Waals surface area (Å²) in [6.45, 7) is 3.48. The lowest BCUT2D eigenvalue weighted by molar-refractivity contribution is 0.0624. The minimum Gasteiger partial charge on any atom is -0.465 e. The van der Waals surface area contributed by atoms with E-state index in [4.69, 9.17) is 5.11 Å². The van der Waals surface area contributed by atoms with Gasteiger partial charge in [0.2, 0.25) is 0 Å². The Morgan fingerprint density at radius 1 is 1.17 bits per heavy atom. The first-order valence-electron chi connectivity index (χ1n) is 9.62. The molecule has 1 saturated heterocycles. The lowest BCUT2D eigenvalue weighted by Gasteiger charge is -2.33. The van der Waals surface area contributed by atoms with Crippen LogP contribution in [-0.2, 0) is 6.42 Å². The van der Waals surface area contributed by atoms with Gasteiger partial charge in [0.05, 0.1) is 6.20 Å². The van der Waals surface area contributed by atoms with E-state index in [2.05, 4.69) is 37.9 Å². The highest BCUT2D eigenvalue weighted by Gasteiger charge is 2.25. The van der Waals surface area contributed by atoms with Gasteiger partial charge in [-0.1, -0.05) is 6.92 Å². The molecule has 1 fully saturated rings. The van der Waals surface area contributed by atoms with E-state index in [-0.39, 0.29) is 5.91 Å². The third-order valence-electron chi connectivity index (χ3n) is 5.20. The Balaban J connectivity index is 1.54. The number of carboxylic acid groups (broad SMARTS) is 1. The second kappa shape index (κ2) is 8.46. The highest BCUT2D eigenvalue weighted by Crippen LogP contribution is 2.24. The fourth-order valence-electron chi connectivity index (χ4n) is 3.56. The van der Waals surface area contributed by atoms with Gasteiger partial charge < -0.3 is 20.2 Å². The fraction of sp³-hybridized carbons (Fsp3) is 0.300. The summed E-state index contributed by atoms with van der Waals surface area (Å²) in [5.41, 5.74) is 3.14. The Bertz CT molecular complexity index is 1110. The third kappa shape index (κ3) is 3.91. The summed E-state index contributed by atoms with van der Waals surface area (Å²) in [7, 11) is 0. The van der Waals surface area contributed by atoms with Gasteiger partial charge in [-0.2, -0.15) is 0 Å². The monoisotopic (exact) mass is 520 g/mol. The molecule has 0 unspecified atom stereocenters. The summed E-state index contributed by atoms with van der Waals surface area (Å²) in [5.74, 6) is 0.581. The topological polar surface area (TPSA) is 103 Å². The van der Waals surface area contributed by atoms with Gasteiger partial charge in [-0.05, 0) is 52.8 Å². The molecule has 3 heterocycles. The van der Waals surface area contributed by atoms with Crippen LogP contribution in [0.5, 0.6) is 0 Å². The smallest absolute Gasteiger partial charge is 0.407 e. The number of fused-ring (bicyclic) bond motifs is 1. The van der Waals surface area contributed by atoms with Gasteiger partial charge in [-0.3, -0.25) is 9.20 Å². The van der Waals surface area contributed by atoms with Crippen molar-refractivity contribution in [2.24, 2.45) is 0 Å². The number of piperazine rings is 1. The number of rotatable bonds is 4. The molecule has 10 heteroatoms. The quantitative estimate of drug-likeness (QED) is 0.513. The summed E-state index contributed by atoms with van der Waals surface area (Å²) in [6, 6.07) is 5.64. The normalized spacial score (nSPS) is 14.2. The highest BCUT2D eigenvalue weighted by atomic mass is 127. The largest absolute Gasteiger partial charge is 0.465 e. The van der Waals surface area contributed by atoms with Gasteiger partial charge in [-0.25, -0.2) is 14.8 Å². The molecule has 30 heavy (non-hydrogen) atoms. The van der Waals surface area contributed by atoms with Gasteiger partial charge in [0.1, 0.15) is 3.70 Å². The van der Waals surface area contributed by atoms with E-state index in [1.54, 1.807) is 17.3 Å². The molecule has 2 amide bonds. The molecule has 4 rings (SSSR count). The molecule has 1 aliphatic rings. The molecule has 2 aromatic heterocycles. The molecule has 1 aliphatic heterocycles. The number of nitrogens with one attached hydrogen (secondary N) is 1. The van der Waals surface area contributed by atoms with Crippen LogP contribution in [0, 0.1) is 3.70 Å². The zero-order valence-electron chi connectivity index (χ0n) is 16.4. The van der Waals surface area contributed by atoms with Crippen LogP contribution in [0.15, 0.2) is 36.8 Å². The van der Waals surface area contributed by atoms with Crippen LogP contribution < -0.4 is 5.32 Å². The van der Waals surface area contributed by atoms with Crippen LogP contribution in [0.1, 0.15) is 22.8 Å². The Hall–Kier alpha value is -2.89. The minimum absolute atomic E-state index is 0.0634. The van der Waals surface area contributed by atoms with E-state index < -0.39 is 6.09 Å². The first kappa shape index (κ1) is 20.4. The predicted molar refractivity (Wildman–Crippen MR) is 120 cm³/mol. The second-order valence-corrected chi connectivity index (χ2v) is 8.07. The van der Waals surface area contributed by atoms with Gasteiger partial charge in [0.15, 0.2) is 11.5 Å². The Morgan fingerprint density at radius 3 is 2.60 bits per heavy atom. The number of carbonyl (C=O) groups excluding carboxylic acids is 1. The first-order chi connectivity index (χ1) is 14.5. The maximum absolute atomic E-state index is 13.0. The van der Waals surface area contributed by atoms with Crippen LogP contribution in [-0.4, -0.2) is 67.5 Å². The van der Waals surface area contributed by atoms with Crippen molar-refractivity contribution in [3.63, 3.8) is 0 Å². The van der Waals surface area contributed by atoms with Crippen molar-refractivity contribution in [3.8, 4) is 0 Å². The number of hydrogen-bond acceptors (Lipinski definition) is 5. The zero-order valence-corrected chi connectivity index (χ0v) is 18.5. The number of halogens is 1. The number of aryl methyl sites for hydroxylation is 1. The van der Waals surface area contributed by atoms with Crippen molar-refractivity contribution >= 4 is 51.7 Å². The molecule has 0 aliphatic carbocycles. The summed E-state index contributed by atoms with van der Waals surface area (Å²) < 4.78 is 2.94. The molecule has 0 saturated carbocycles. The van der Waals surface area contributed by atoms with Gasteiger partial charge in [-0.15, -0.1) is 0 Å². The average molecular weight is 520 g/mol. The molecular weight excluding hydrogens is 499 g/mol. The van der Waals surface area contributed by atoms with Crippen LogP contribution in [0.3, 0.4) is 0 Å². The van der Waals surface area contributed by atoms with E-state index in [1.165, 1.54) is 4.90 Å². The van der Waals surface area contributed by atoms with Gasteiger partial charge in [0, 0.05) is 49.8 Å². The van der Waals surface area contributed by atoms with Crippen molar-refractivity contribution in [2.75, 3.05) is 31.5 Å². The maximum Gasteiger partial charge on any atom is 0.407 e. The zero-order chi connectivity index (χ0) is 21.3. The minimum atomic E-state index is -0.942. The molecule has 156 valence electrons. The lowest BCUT2D eigenvalue weighted by Crippen LogP contribution is -2.50. The number of aromatic nitrogens is 3. The predicted octanol–water partition coefficient (Wildman–Crippen LogP) is 3.08. The number of hydrogen-bond donors (Lipinski definition) is 2. The molecule has 0 atom stereocenters. The van der Waals surface area contributed by atoms with E-state index in [0.717, 1.165) is 20.6 Å². The Labute approximate surface area is 186 Å². The van der Waals surface area contributed by atoms with Crippen molar-refractivity contribution in [1.29, 1.82) is 0 Å². The number of benzene rings is 1. The van der Waals surface area contributed by atoms with Crippen LogP contribution in [0.2, 0.25) is 0 Å². The second-order valence-electron chi connectivity index (χ2n) is 6.96. The van der Waals surface area contributed by atoms with E-state index in [0.29, 0.717) is 44.0 Å². The summed E-state index contributed by atoms with van der Waals surface area (Å²) in [4.78, 5) is 35.9. The molecule has 0 spiro atoms. The molecule has 2 N–H and O–H groups in total. The lowest BCUT2D eigenvalue weighted by atomic mass is 10.0. The summed E-state index contributed by atoms with van der Waals surface area (Å²) >= 11 is 2.22. The molecule has 0 bridgehead atoms. The number of nitrogens with zero attached hydrogens (tertiary/aromatic N) is 5. The van der Waals surface area contributed by atoms with Crippen LogP contribution in [0.25, 0.3) is 5.65 Å². The van der Waals surface area contributed by atoms with Crippen molar-refractivity contribution in [3.05, 3.63) is 51.6 Å². The average Bonchev–Trinajstić information content (AvgIpc) is 3.15. The molecule has 3 aromatic rings. The first-order valence-corrected chi connectivity index (χ1v) is 10.7. The van der Waals surface area contributed by atoms with Crippen molar-refractivity contribution < 1.29 is 14.7 Å². The summed E-state index contributed by atoms with van der Waals surface area (Å²) in [5, 5.41) is 12.4. The van der Waals surface area contributed by atoms with Crippen molar-refractivity contribution in [2.45, 2.75) is 13.3 Å². The Morgan fingerprint density at radius 2 is 1.90 bits per heavy atom. The van der Waals surface area contributed by atoms with Crippen molar-refractivity contribution in [1.82, 2.24) is 24.2 Å². The number of carbonyl (C=O) groups is 2. The molecule has 0 radical (unpaired) electrons. The number of anilines is 2. The standard InChI is InChI=1S/C20H21IN6O3/c1-2-13-11-14(24-17-18-23-12-16(21)27(18)6-5-22-17)3-4-15(13)19(28)25-7-9-26(10-8-25)20(29)30/h3-6,11-12H,2,7-10H2,1H3,(H,22,24)(H,29,30). The molecular formula is C20H21IN6O3. The molecule has 9 nitrogen and oxygen atoms in total. The maximum atomic E-state index is 13.0. The Kier molecular flexibility index (Phi) is 5.75. The van der Waals surface area contributed by atoms with E-state index >= 15 is 0 Å². The SMILES string of the molecule is CCc1cc(Nc2nccn3c(I)cnc23)ccc1C(=O)N1CCN(C(=O)O)CC1. The van der Waals surface area contributed by atoms with Crippen LogP contribution >= 0.6 is 22.6 Å². The van der Waals surface area contributed by atoms with Gasteiger partial charge in [0.25, 0.3) is 5.91 Å². The van der Waals surface area contributed by atoms with Gasteiger partial charge >= 0.3 is 6.09 Å². The molecule has 1 aromatic carbocycles. The number of imidazole rings is 1. The van der Waals surface area contributed by atoms with Crippen LogP contribution in [0.4, 0.5) is 16.3 Å². The highest BCUT2D eigenvalue weighted by molar-refractivity contribution is 14.1.